The summed E-state index contributed by atoms with van der Waals surface area (Å²) >= 11 is 0. The zero-order valence-corrected chi connectivity index (χ0v) is 6.95. The van der Waals surface area contributed by atoms with Crippen LogP contribution in [0.2, 0.25) is 0 Å². The van der Waals surface area contributed by atoms with Gasteiger partial charge in [-0.2, -0.15) is 0 Å². The molecule has 0 saturated heterocycles. The molecule has 1 aromatic heterocycles. The average molecular weight is 189 g/mol. The van der Waals surface area contributed by atoms with Gasteiger partial charge in [0.2, 0.25) is 0 Å². The summed E-state index contributed by atoms with van der Waals surface area (Å²) in [7, 11) is 0. The van der Waals surface area contributed by atoms with Crippen molar-refractivity contribution in [3.8, 4) is 0 Å². The van der Waals surface area contributed by atoms with Gasteiger partial charge in [0.15, 0.2) is 0 Å². The highest BCUT2D eigenvalue weighted by molar-refractivity contribution is 4.64. The molecule has 0 saturated carbocycles. The number of rotatable bonds is 5. The summed E-state index contributed by atoms with van der Waals surface area (Å²) in [4.78, 5) is 21.7. The van der Waals surface area contributed by atoms with Gasteiger partial charge in [-0.25, -0.2) is 24.4 Å². The Labute approximate surface area is 72.9 Å². The maximum atomic E-state index is 10.9. The number of ether oxygens (including phenoxy) is 1. The van der Waals surface area contributed by atoms with E-state index in [0.29, 0.717) is 0 Å². The fourth-order valence-electron chi connectivity index (χ4n) is 0.860. The molecule has 0 radical (unpaired) electrons. The summed E-state index contributed by atoms with van der Waals surface area (Å²) in [6.45, 7) is 0.536. The van der Waals surface area contributed by atoms with Crippen LogP contribution in [0.5, 0.6) is 0 Å². The van der Waals surface area contributed by atoms with Crippen LogP contribution in [0.3, 0.4) is 0 Å². The fourth-order valence-corrected chi connectivity index (χ4v) is 0.860. The van der Waals surface area contributed by atoms with Crippen LogP contribution in [0.25, 0.3) is 0 Å². The van der Waals surface area contributed by atoms with E-state index in [1.165, 1.54) is 0 Å². The second-order valence-electron chi connectivity index (χ2n) is 2.35. The highest BCUT2D eigenvalue weighted by Crippen LogP contribution is 1.75. The minimum atomic E-state index is -0.488. The standard InChI is InChI=1S/C6H11N3O4/c10-2-4-13-3-1-9-5(11)7-8-6(9)12/h10H,1-4H2,(H,7,11)(H,8,12). The van der Waals surface area contributed by atoms with Crippen molar-refractivity contribution in [3.05, 3.63) is 21.0 Å². The molecule has 0 aliphatic rings. The van der Waals surface area contributed by atoms with Crippen LogP contribution in [0.1, 0.15) is 0 Å². The zero-order chi connectivity index (χ0) is 9.68. The van der Waals surface area contributed by atoms with Crippen LogP contribution in [-0.2, 0) is 11.3 Å². The van der Waals surface area contributed by atoms with Crippen molar-refractivity contribution in [1.29, 1.82) is 0 Å². The molecular weight excluding hydrogens is 178 g/mol. The van der Waals surface area contributed by atoms with Gasteiger partial charge in [0.05, 0.1) is 26.4 Å². The summed E-state index contributed by atoms with van der Waals surface area (Å²) in [6, 6.07) is 0. The van der Waals surface area contributed by atoms with Gasteiger partial charge in [-0.3, -0.25) is 0 Å². The molecule has 0 amide bonds. The first-order valence-electron chi connectivity index (χ1n) is 3.82. The van der Waals surface area contributed by atoms with Crippen LogP contribution in [0.15, 0.2) is 9.59 Å². The molecule has 1 rings (SSSR count). The molecule has 0 aromatic carbocycles. The van der Waals surface area contributed by atoms with Gasteiger partial charge in [0.25, 0.3) is 0 Å². The van der Waals surface area contributed by atoms with Crippen LogP contribution >= 0.6 is 0 Å². The fraction of sp³-hybridized carbons (Fsp3) is 0.667. The number of hydrogen-bond donors (Lipinski definition) is 3. The molecule has 0 aliphatic heterocycles. The van der Waals surface area contributed by atoms with E-state index in [0.717, 1.165) is 4.57 Å². The number of aromatic nitrogens is 3. The molecule has 13 heavy (non-hydrogen) atoms. The largest absolute Gasteiger partial charge is 0.394 e. The smallest absolute Gasteiger partial charge is 0.344 e. The minimum Gasteiger partial charge on any atom is -0.394 e. The summed E-state index contributed by atoms with van der Waals surface area (Å²) < 4.78 is 5.87. The lowest BCUT2D eigenvalue weighted by Crippen LogP contribution is -2.28. The van der Waals surface area contributed by atoms with E-state index < -0.39 is 11.4 Å². The minimum absolute atomic E-state index is 0.0710. The molecule has 7 nitrogen and oxygen atoms in total. The third-order valence-corrected chi connectivity index (χ3v) is 1.46. The van der Waals surface area contributed by atoms with Crippen molar-refractivity contribution in [2.45, 2.75) is 6.54 Å². The Hall–Kier alpha value is -1.34. The van der Waals surface area contributed by atoms with E-state index in [1.807, 2.05) is 0 Å². The molecule has 3 N–H and O–H groups in total. The average Bonchev–Trinajstić information content (AvgIpc) is 2.42. The number of aliphatic hydroxyl groups excluding tert-OH is 1. The monoisotopic (exact) mass is 189 g/mol. The van der Waals surface area contributed by atoms with Gasteiger partial charge in [-0.05, 0) is 0 Å². The van der Waals surface area contributed by atoms with E-state index in [1.54, 1.807) is 0 Å². The lowest BCUT2D eigenvalue weighted by atomic mass is 10.6. The van der Waals surface area contributed by atoms with Crippen LogP contribution in [-0.4, -0.2) is 39.7 Å². The van der Waals surface area contributed by atoms with E-state index in [4.69, 9.17) is 9.84 Å². The first-order chi connectivity index (χ1) is 6.25. The van der Waals surface area contributed by atoms with Crippen LogP contribution < -0.4 is 11.4 Å². The first kappa shape index (κ1) is 9.75. The predicted molar refractivity (Wildman–Crippen MR) is 43.6 cm³/mol. The van der Waals surface area contributed by atoms with Gasteiger partial charge < -0.3 is 9.84 Å². The number of hydrogen-bond acceptors (Lipinski definition) is 4. The van der Waals surface area contributed by atoms with E-state index in [2.05, 4.69) is 10.2 Å². The molecule has 0 spiro atoms. The number of aromatic amines is 2. The molecule has 1 aromatic rings. The molecular formula is C6H11N3O4. The lowest BCUT2D eigenvalue weighted by molar-refractivity contribution is 0.0861. The third-order valence-electron chi connectivity index (χ3n) is 1.46. The highest BCUT2D eigenvalue weighted by Gasteiger charge is 2.00. The Balaban J connectivity index is 2.45. The van der Waals surface area contributed by atoms with Crippen molar-refractivity contribution < 1.29 is 9.84 Å². The molecule has 7 heteroatoms. The predicted octanol–water partition coefficient (Wildman–Crippen LogP) is -2.13. The second kappa shape index (κ2) is 4.63. The maximum Gasteiger partial charge on any atom is 0.344 e. The normalized spacial score (nSPS) is 10.5. The van der Waals surface area contributed by atoms with Gasteiger partial charge in [0, 0.05) is 0 Å². The summed E-state index contributed by atoms with van der Waals surface area (Å²) in [6.07, 6.45) is 0. The number of aliphatic hydroxyl groups is 1. The molecule has 0 unspecified atom stereocenters. The quantitative estimate of drug-likeness (QED) is 0.461. The van der Waals surface area contributed by atoms with Gasteiger partial charge in [-0.1, -0.05) is 0 Å². The third kappa shape index (κ3) is 2.56. The molecule has 0 atom stereocenters. The van der Waals surface area contributed by atoms with Crippen molar-refractivity contribution in [2.75, 3.05) is 19.8 Å². The lowest BCUT2D eigenvalue weighted by Gasteiger charge is -2.00. The van der Waals surface area contributed by atoms with Crippen LogP contribution in [0.4, 0.5) is 0 Å². The molecule has 0 fully saturated rings. The first-order valence-corrected chi connectivity index (χ1v) is 3.82. The van der Waals surface area contributed by atoms with E-state index in [9.17, 15) is 9.59 Å². The number of nitrogens with one attached hydrogen (secondary N) is 2. The Morgan fingerprint density at radius 3 is 2.38 bits per heavy atom. The van der Waals surface area contributed by atoms with Crippen LogP contribution in [0, 0.1) is 0 Å². The maximum absolute atomic E-state index is 10.9. The van der Waals surface area contributed by atoms with Crippen molar-refractivity contribution in [3.63, 3.8) is 0 Å². The van der Waals surface area contributed by atoms with Gasteiger partial charge in [0.1, 0.15) is 0 Å². The van der Waals surface area contributed by atoms with E-state index in [-0.39, 0.29) is 26.4 Å². The zero-order valence-electron chi connectivity index (χ0n) is 6.95. The van der Waals surface area contributed by atoms with Gasteiger partial charge in [-0.15, -0.1) is 0 Å². The molecule has 1 heterocycles. The highest BCUT2D eigenvalue weighted by atomic mass is 16.5. The van der Waals surface area contributed by atoms with Crippen molar-refractivity contribution in [1.82, 2.24) is 14.8 Å². The summed E-state index contributed by atoms with van der Waals surface area (Å²) in [5.74, 6) is 0. The van der Waals surface area contributed by atoms with Crippen molar-refractivity contribution in [2.24, 2.45) is 0 Å². The SMILES string of the molecule is O=c1[nH][nH]c(=O)n1CCOCCO. The summed E-state index contributed by atoms with van der Waals surface area (Å²) in [5.41, 5.74) is -0.977. The van der Waals surface area contributed by atoms with Crippen molar-refractivity contribution >= 4 is 0 Å². The molecule has 0 bridgehead atoms. The molecule has 74 valence electrons. The Morgan fingerprint density at radius 1 is 1.23 bits per heavy atom. The second-order valence-corrected chi connectivity index (χ2v) is 2.35. The Kier molecular flexibility index (Phi) is 3.47. The van der Waals surface area contributed by atoms with E-state index >= 15 is 0 Å². The Bertz CT molecular complexity index is 322. The van der Waals surface area contributed by atoms with Gasteiger partial charge >= 0.3 is 11.4 Å². The summed E-state index contributed by atoms with van der Waals surface area (Å²) in [5, 5.41) is 12.7. The molecule has 0 aliphatic carbocycles. The number of H-pyrrole nitrogens is 2. The Morgan fingerprint density at radius 2 is 1.85 bits per heavy atom. The number of nitrogens with zero attached hydrogens (tertiary/aromatic N) is 1. The topological polar surface area (TPSA) is 100 Å².